The highest BCUT2D eigenvalue weighted by molar-refractivity contribution is 5.84. The molecule has 22 heavy (non-hydrogen) atoms. The maximum absolute atomic E-state index is 9.04. The number of hydrogen-bond donors (Lipinski definition) is 1. The number of hydrogen-bond acceptors (Lipinski definition) is 2. The van der Waals surface area contributed by atoms with E-state index in [0.29, 0.717) is 0 Å². The Labute approximate surface area is 133 Å². The minimum Gasteiger partial charge on any atom is -0.361 e. The van der Waals surface area contributed by atoms with E-state index < -0.39 is 0 Å². The number of nitriles is 1. The second kappa shape index (κ2) is 8.60. The van der Waals surface area contributed by atoms with Gasteiger partial charge in [-0.25, -0.2) is 0 Å². The third kappa shape index (κ3) is 4.35. The number of rotatable bonds is 9. The average molecular weight is 297 g/mol. The third-order valence-electron chi connectivity index (χ3n) is 4.15. The molecule has 1 aromatic carbocycles. The molecule has 1 aromatic heterocycles. The number of fused-ring (bicyclic) bond motifs is 1. The first-order valence-corrected chi connectivity index (χ1v) is 8.51. The van der Waals surface area contributed by atoms with Crippen molar-refractivity contribution < 1.29 is 0 Å². The molecule has 0 aliphatic carbocycles. The maximum Gasteiger partial charge on any atom is 0.0991 e. The predicted molar refractivity (Wildman–Crippen MR) is 93.0 cm³/mol. The van der Waals surface area contributed by atoms with Gasteiger partial charge in [0, 0.05) is 17.1 Å². The molecule has 0 bridgehead atoms. The SMILES string of the molecule is CCCN(CCC)CCCCc1c[nH]c2ccc(C#N)cc12. The van der Waals surface area contributed by atoms with E-state index in [1.54, 1.807) is 0 Å². The molecular formula is C19H27N3. The molecular weight excluding hydrogens is 270 g/mol. The van der Waals surface area contributed by atoms with Crippen LogP contribution < -0.4 is 0 Å². The van der Waals surface area contributed by atoms with Gasteiger partial charge >= 0.3 is 0 Å². The monoisotopic (exact) mass is 297 g/mol. The van der Waals surface area contributed by atoms with Crippen molar-refractivity contribution in [3.63, 3.8) is 0 Å². The topological polar surface area (TPSA) is 42.8 Å². The second-order valence-corrected chi connectivity index (χ2v) is 5.98. The van der Waals surface area contributed by atoms with E-state index in [9.17, 15) is 0 Å². The quantitative estimate of drug-likeness (QED) is 0.693. The van der Waals surface area contributed by atoms with Gasteiger partial charge in [0.05, 0.1) is 11.6 Å². The molecule has 0 saturated carbocycles. The molecule has 2 rings (SSSR count). The summed E-state index contributed by atoms with van der Waals surface area (Å²) in [6, 6.07) is 8.10. The van der Waals surface area contributed by atoms with E-state index in [4.69, 9.17) is 5.26 Å². The van der Waals surface area contributed by atoms with Crippen LogP contribution in [0.3, 0.4) is 0 Å². The molecule has 2 aromatic rings. The molecule has 0 saturated heterocycles. The Morgan fingerprint density at radius 2 is 1.86 bits per heavy atom. The Morgan fingerprint density at radius 3 is 2.55 bits per heavy atom. The maximum atomic E-state index is 9.04. The van der Waals surface area contributed by atoms with E-state index in [0.717, 1.165) is 17.5 Å². The minimum atomic E-state index is 0.741. The highest BCUT2D eigenvalue weighted by atomic mass is 15.1. The summed E-state index contributed by atoms with van der Waals surface area (Å²) < 4.78 is 0. The van der Waals surface area contributed by atoms with Gasteiger partial charge in [-0.1, -0.05) is 13.8 Å². The van der Waals surface area contributed by atoms with Gasteiger partial charge in [-0.3, -0.25) is 0 Å². The van der Waals surface area contributed by atoms with Gasteiger partial charge in [-0.15, -0.1) is 0 Å². The number of aromatic nitrogens is 1. The molecule has 0 atom stereocenters. The number of nitrogens with zero attached hydrogens (tertiary/aromatic N) is 2. The summed E-state index contributed by atoms with van der Waals surface area (Å²) in [4.78, 5) is 5.88. The number of unbranched alkanes of at least 4 members (excludes halogenated alkanes) is 1. The van der Waals surface area contributed by atoms with Crippen LogP contribution in [0.5, 0.6) is 0 Å². The lowest BCUT2D eigenvalue weighted by atomic mass is 10.1. The van der Waals surface area contributed by atoms with Gasteiger partial charge in [0.2, 0.25) is 0 Å². The van der Waals surface area contributed by atoms with Crippen LogP contribution in [0.2, 0.25) is 0 Å². The third-order valence-corrected chi connectivity index (χ3v) is 4.15. The molecule has 0 aliphatic heterocycles. The standard InChI is InChI=1S/C19H27N3/c1-3-10-22(11-4-2)12-6-5-7-17-15-21-19-9-8-16(14-20)13-18(17)19/h8-9,13,15,21H,3-7,10-12H2,1-2H3. The lowest BCUT2D eigenvalue weighted by molar-refractivity contribution is 0.269. The molecule has 3 heteroatoms. The molecule has 1 N–H and O–H groups in total. The van der Waals surface area contributed by atoms with Crippen LogP contribution in [-0.4, -0.2) is 29.5 Å². The predicted octanol–water partition coefficient (Wildman–Crippen LogP) is 4.48. The highest BCUT2D eigenvalue weighted by Crippen LogP contribution is 2.21. The Balaban J connectivity index is 1.88. The fourth-order valence-electron chi connectivity index (χ4n) is 3.07. The Morgan fingerprint density at radius 1 is 1.09 bits per heavy atom. The zero-order chi connectivity index (χ0) is 15.8. The molecule has 0 unspecified atom stereocenters. The van der Waals surface area contributed by atoms with Crippen molar-refractivity contribution in [1.29, 1.82) is 5.26 Å². The van der Waals surface area contributed by atoms with E-state index >= 15 is 0 Å². The zero-order valence-corrected chi connectivity index (χ0v) is 13.9. The Hall–Kier alpha value is -1.79. The van der Waals surface area contributed by atoms with Crippen LogP contribution in [0.15, 0.2) is 24.4 Å². The van der Waals surface area contributed by atoms with E-state index in [2.05, 4.69) is 36.0 Å². The van der Waals surface area contributed by atoms with Gasteiger partial charge in [-0.2, -0.15) is 5.26 Å². The Kier molecular flexibility index (Phi) is 6.48. The van der Waals surface area contributed by atoms with Gasteiger partial charge in [0.15, 0.2) is 0 Å². The lowest BCUT2D eigenvalue weighted by Gasteiger charge is -2.20. The van der Waals surface area contributed by atoms with Crippen molar-refractivity contribution in [2.24, 2.45) is 0 Å². The first kappa shape index (κ1) is 16.6. The van der Waals surface area contributed by atoms with Crippen LogP contribution in [-0.2, 0) is 6.42 Å². The fraction of sp³-hybridized carbons (Fsp3) is 0.526. The lowest BCUT2D eigenvalue weighted by Crippen LogP contribution is -2.26. The van der Waals surface area contributed by atoms with Crippen LogP contribution in [0, 0.1) is 11.3 Å². The smallest absolute Gasteiger partial charge is 0.0991 e. The fourth-order valence-corrected chi connectivity index (χ4v) is 3.07. The number of aryl methyl sites for hydroxylation is 1. The summed E-state index contributed by atoms with van der Waals surface area (Å²) in [5.74, 6) is 0. The average Bonchev–Trinajstić information content (AvgIpc) is 2.94. The Bertz CT molecular complexity index is 615. The molecule has 0 radical (unpaired) electrons. The summed E-state index contributed by atoms with van der Waals surface area (Å²) in [5, 5.41) is 10.2. The van der Waals surface area contributed by atoms with Gasteiger partial charge in [0.1, 0.15) is 0 Å². The number of nitrogens with one attached hydrogen (secondary N) is 1. The zero-order valence-electron chi connectivity index (χ0n) is 13.9. The van der Waals surface area contributed by atoms with Crippen molar-refractivity contribution in [1.82, 2.24) is 9.88 Å². The molecule has 1 heterocycles. The number of aromatic amines is 1. The highest BCUT2D eigenvalue weighted by Gasteiger charge is 2.06. The summed E-state index contributed by atoms with van der Waals surface area (Å²) in [7, 11) is 0. The van der Waals surface area contributed by atoms with E-state index in [1.807, 2.05) is 18.2 Å². The summed E-state index contributed by atoms with van der Waals surface area (Å²) in [6.07, 6.45) is 8.10. The van der Waals surface area contributed by atoms with Crippen LogP contribution in [0.1, 0.15) is 50.7 Å². The van der Waals surface area contributed by atoms with Crippen molar-refractivity contribution in [3.05, 3.63) is 35.5 Å². The van der Waals surface area contributed by atoms with Crippen molar-refractivity contribution in [2.75, 3.05) is 19.6 Å². The minimum absolute atomic E-state index is 0.741. The molecule has 0 spiro atoms. The normalized spacial score (nSPS) is 11.2. The van der Waals surface area contributed by atoms with Gasteiger partial charge in [-0.05, 0) is 75.5 Å². The van der Waals surface area contributed by atoms with Crippen molar-refractivity contribution in [2.45, 2.75) is 46.0 Å². The van der Waals surface area contributed by atoms with Crippen molar-refractivity contribution in [3.8, 4) is 6.07 Å². The van der Waals surface area contributed by atoms with Gasteiger partial charge in [0.25, 0.3) is 0 Å². The molecule has 3 nitrogen and oxygen atoms in total. The summed E-state index contributed by atoms with van der Waals surface area (Å²) in [6.45, 7) is 8.13. The molecule has 118 valence electrons. The largest absolute Gasteiger partial charge is 0.361 e. The van der Waals surface area contributed by atoms with E-state index in [1.165, 1.54) is 56.3 Å². The molecule has 0 amide bonds. The van der Waals surface area contributed by atoms with Crippen LogP contribution >= 0.6 is 0 Å². The molecule has 0 fully saturated rings. The van der Waals surface area contributed by atoms with Crippen molar-refractivity contribution >= 4 is 10.9 Å². The number of H-pyrrole nitrogens is 1. The van der Waals surface area contributed by atoms with Gasteiger partial charge < -0.3 is 9.88 Å². The van der Waals surface area contributed by atoms with E-state index in [-0.39, 0.29) is 0 Å². The van der Waals surface area contributed by atoms with Crippen LogP contribution in [0.25, 0.3) is 10.9 Å². The summed E-state index contributed by atoms with van der Waals surface area (Å²) in [5.41, 5.74) is 3.21. The first-order chi connectivity index (χ1) is 10.8. The number of benzene rings is 1. The first-order valence-electron chi connectivity index (χ1n) is 8.51. The second-order valence-electron chi connectivity index (χ2n) is 5.98. The summed E-state index contributed by atoms with van der Waals surface area (Å²) >= 11 is 0. The van der Waals surface area contributed by atoms with Crippen LogP contribution in [0.4, 0.5) is 0 Å². The molecule has 0 aliphatic rings.